The zero-order valence-electron chi connectivity index (χ0n) is 8.96. The SMILES string of the molecule is Cc1ccc(C(N)C2=CCCC2)cc1F. The summed E-state index contributed by atoms with van der Waals surface area (Å²) in [6.45, 7) is 1.76. The highest BCUT2D eigenvalue weighted by molar-refractivity contribution is 5.32. The Morgan fingerprint density at radius 1 is 1.40 bits per heavy atom. The molecule has 1 atom stereocenters. The fourth-order valence-corrected chi connectivity index (χ4v) is 1.99. The van der Waals surface area contributed by atoms with E-state index >= 15 is 0 Å². The summed E-state index contributed by atoms with van der Waals surface area (Å²) in [6, 6.07) is 5.14. The van der Waals surface area contributed by atoms with Crippen LogP contribution in [0.3, 0.4) is 0 Å². The van der Waals surface area contributed by atoms with Crippen LogP contribution in [0.1, 0.15) is 36.4 Å². The van der Waals surface area contributed by atoms with E-state index in [4.69, 9.17) is 5.73 Å². The molecule has 2 N–H and O–H groups in total. The van der Waals surface area contributed by atoms with Gasteiger partial charge in [0.15, 0.2) is 0 Å². The third kappa shape index (κ3) is 2.10. The van der Waals surface area contributed by atoms with E-state index in [-0.39, 0.29) is 11.9 Å². The third-order valence-electron chi connectivity index (χ3n) is 3.03. The normalized spacial score (nSPS) is 17.7. The summed E-state index contributed by atoms with van der Waals surface area (Å²) in [6.07, 6.45) is 5.52. The lowest BCUT2D eigenvalue weighted by molar-refractivity contribution is 0.613. The highest BCUT2D eigenvalue weighted by atomic mass is 19.1. The Morgan fingerprint density at radius 2 is 2.20 bits per heavy atom. The molecule has 1 aromatic rings. The molecule has 0 saturated carbocycles. The monoisotopic (exact) mass is 205 g/mol. The summed E-state index contributed by atoms with van der Waals surface area (Å²) in [5.74, 6) is -0.165. The van der Waals surface area contributed by atoms with Gasteiger partial charge in [-0.05, 0) is 43.4 Å². The van der Waals surface area contributed by atoms with Crippen molar-refractivity contribution >= 4 is 0 Å². The summed E-state index contributed by atoms with van der Waals surface area (Å²) in [5.41, 5.74) is 8.89. The van der Waals surface area contributed by atoms with Gasteiger partial charge in [0, 0.05) is 0 Å². The highest BCUT2D eigenvalue weighted by Gasteiger charge is 2.15. The topological polar surface area (TPSA) is 26.0 Å². The lowest BCUT2D eigenvalue weighted by atomic mass is 9.98. The van der Waals surface area contributed by atoms with Crippen molar-refractivity contribution in [1.29, 1.82) is 0 Å². The van der Waals surface area contributed by atoms with Crippen molar-refractivity contribution in [3.8, 4) is 0 Å². The van der Waals surface area contributed by atoms with Crippen LogP contribution in [-0.2, 0) is 0 Å². The Kier molecular flexibility index (Phi) is 2.87. The molecule has 1 aromatic carbocycles. The summed E-state index contributed by atoms with van der Waals surface area (Å²) in [4.78, 5) is 0. The molecule has 1 aliphatic carbocycles. The summed E-state index contributed by atoms with van der Waals surface area (Å²) in [7, 11) is 0. The quantitative estimate of drug-likeness (QED) is 0.737. The maximum Gasteiger partial charge on any atom is 0.126 e. The van der Waals surface area contributed by atoms with E-state index in [0.29, 0.717) is 5.56 Å². The molecule has 2 heteroatoms. The highest BCUT2D eigenvalue weighted by Crippen LogP contribution is 2.29. The van der Waals surface area contributed by atoms with E-state index in [9.17, 15) is 4.39 Å². The van der Waals surface area contributed by atoms with E-state index in [2.05, 4.69) is 6.08 Å². The van der Waals surface area contributed by atoms with E-state index in [0.717, 1.165) is 18.4 Å². The van der Waals surface area contributed by atoms with Crippen LogP contribution >= 0.6 is 0 Å². The van der Waals surface area contributed by atoms with E-state index in [1.807, 2.05) is 6.07 Å². The van der Waals surface area contributed by atoms with Gasteiger partial charge in [-0.3, -0.25) is 0 Å². The lowest BCUT2D eigenvalue weighted by Gasteiger charge is -2.14. The Hall–Kier alpha value is -1.15. The first-order valence-electron chi connectivity index (χ1n) is 5.39. The second-order valence-corrected chi connectivity index (χ2v) is 4.16. The number of benzene rings is 1. The molecule has 0 bridgehead atoms. The second kappa shape index (κ2) is 4.15. The predicted octanol–water partition coefficient (Wildman–Crippen LogP) is 3.24. The number of aryl methyl sites for hydroxylation is 1. The molecule has 0 radical (unpaired) electrons. The van der Waals surface area contributed by atoms with Crippen LogP contribution in [0.15, 0.2) is 29.8 Å². The van der Waals surface area contributed by atoms with Crippen molar-refractivity contribution in [3.05, 3.63) is 46.8 Å². The molecule has 0 saturated heterocycles. The third-order valence-corrected chi connectivity index (χ3v) is 3.03. The fraction of sp³-hybridized carbons (Fsp3) is 0.385. The van der Waals surface area contributed by atoms with Crippen LogP contribution in [0, 0.1) is 12.7 Å². The van der Waals surface area contributed by atoms with Crippen LogP contribution in [-0.4, -0.2) is 0 Å². The van der Waals surface area contributed by atoms with Gasteiger partial charge in [-0.15, -0.1) is 0 Å². The predicted molar refractivity (Wildman–Crippen MR) is 60.0 cm³/mol. The summed E-state index contributed by atoms with van der Waals surface area (Å²) < 4.78 is 13.4. The van der Waals surface area contributed by atoms with Crippen molar-refractivity contribution in [2.45, 2.75) is 32.2 Å². The van der Waals surface area contributed by atoms with Crippen molar-refractivity contribution in [2.75, 3.05) is 0 Å². The van der Waals surface area contributed by atoms with E-state index in [1.165, 1.54) is 12.0 Å². The molecule has 2 rings (SSSR count). The molecule has 0 spiro atoms. The van der Waals surface area contributed by atoms with Gasteiger partial charge in [0.2, 0.25) is 0 Å². The Bertz CT molecular complexity index is 396. The van der Waals surface area contributed by atoms with E-state index < -0.39 is 0 Å². The zero-order valence-corrected chi connectivity index (χ0v) is 8.96. The zero-order chi connectivity index (χ0) is 10.8. The lowest BCUT2D eigenvalue weighted by Crippen LogP contribution is -2.12. The first kappa shape index (κ1) is 10.4. The van der Waals surface area contributed by atoms with Gasteiger partial charge in [-0.1, -0.05) is 23.8 Å². The summed E-state index contributed by atoms with van der Waals surface area (Å²) >= 11 is 0. The van der Waals surface area contributed by atoms with Crippen LogP contribution in [0.2, 0.25) is 0 Å². The molecular formula is C13H16FN. The number of hydrogen-bond acceptors (Lipinski definition) is 1. The maximum absolute atomic E-state index is 13.4. The minimum atomic E-state index is -0.165. The minimum Gasteiger partial charge on any atom is -0.321 e. The maximum atomic E-state index is 13.4. The summed E-state index contributed by atoms with van der Waals surface area (Å²) in [5, 5.41) is 0. The van der Waals surface area contributed by atoms with Gasteiger partial charge >= 0.3 is 0 Å². The average molecular weight is 205 g/mol. The number of halogens is 1. The van der Waals surface area contributed by atoms with Crippen LogP contribution in [0.5, 0.6) is 0 Å². The number of rotatable bonds is 2. The first-order valence-corrected chi connectivity index (χ1v) is 5.39. The van der Waals surface area contributed by atoms with Crippen molar-refractivity contribution in [1.82, 2.24) is 0 Å². The number of hydrogen-bond donors (Lipinski definition) is 1. The molecule has 0 fully saturated rings. The van der Waals surface area contributed by atoms with Gasteiger partial charge in [0.25, 0.3) is 0 Å². The van der Waals surface area contributed by atoms with E-state index in [1.54, 1.807) is 19.1 Å². The molecular weight excluding hydrogens is 189 g/mol. The standard InChI is InChI=1S/C13H16FN/c1-9-6-7-11(8-12(9)14)13(15)10-4-2-3-5-10/h4,6-8,13H,2-3,5,15H2,1H3. The smallest absolute Gasteiger partial charge is 0.126 e. The van der Waals surface area contributed by atoms with Gasteiger partial charge in [0.05, 0.1) is 6.04 Å². The van der Waals surface area contributed by atoms with Crippen molar-refractivity contribution < 1.29 is 4.39 Å². The van der Waals surface area contributed by atoms with Crippen LogP contribution in [0.4, 0.5) is 4.39 Å². The number of nitrogens with two attached hydrogens (primary N) is 1. The van der Waals surface area contributed by atoms with Gasteiger partial charge in [-0.25, -0.2) is 4.39 Å². The van der Waals surface area contributed by atoms with Crippen LogP contribution in [0.25, 0.3) is 0 Å². The molecule has 0 amide bonds. The Balaban J connectivity index is 2.25. The van der Waals surface area contributed by atoms with Crippen LogP contribution < -0.4 is 5.73 Å². The van der Waals surface area contributed by atoms with Crippen molar-refractivity contribution in [3.63, 3.8) is 0 Å². The molecule has 0 aromatic heterocycles. The molecule has 0 heterocycles. The minimum absolute atomic E-state index is 0.123. The Labute approximate surface area is 89.8 Å². The van der Waals surface area contributed by atoms with Gasteiger partial charge in [0.1, 0.15) is 5.82 Å². The molecule has 1 unspecified atom stereocenters. The van der Waals surface area contributed by atoms with Gasteiger partial charge in [-0.2, -0.15) is 0 Å². The van der Waals surface area contributed by atoms with Gasteiger partial charge < -0.3 is 5.73 Å². The molecule has 80 valence electrons. The van der Waals surface area contributed by atoms with Crippen molar-refractivity contribution in [2.24, 2.45) is 5.73 Å². The Morgan fingerprint density at radius 3 is 2.80 bits per heavy atom. The second-order valence-electron chi connectivity index (χ2n) is 4.16. The fourth-order valence-electron chi connectivity index (χ4n) is 1.99. The molecule has 1 aliphatic rings. The molecule has 1 nitrogen and oxygen atoms in total. The average Bonchev–Trinajstić information content (AvgIpc) is 2.74. The number of allylic oxidation sites excluding steroid dienone is 1. The molecule has 0 aliphatic heterocycles. The largest absolute Gasteiger partial charge is 0.321 e. The molecule has 15 heavy (non-hydrogen) atoms. The first-order chi connectivity index (χ1) is 7.18.